The normalized spacial score (nSPS) is 10.4. The standard InChI is InChI=1S/C13H18BrNO4/c1-17-7-8-18-5-2-6-19-13(16)11-9-10(14)3-4-12(11)15/h3-4,9H,2,5-8,15H2,1H3. The van der Waals surface area contributed by atoms with Gasteiger partial charge in [-0.1, -0.05) is 15.9 Å². The summed E-state index contributed by atoms with van der Waals surface area (Å²) >= 11 is 3.29. The predicted octanol–water partition coefficient (Wildman–Crippen LogP) is 2.24. The molecule has 1 aromatic carbocycles. The van der Waals surface area contributed by atoms with Crippen molar-refractivity contribution in [2.45, 2.75) is 6.42 Å². The van der Waals surface area contributed by atoms with Crippen LogP contribution < -0.4 is 5.73 Å². The zero-order valence-electron chi connectivity index (χ0n) is 10.9. The average molecular weight is 332 g/mol. The highest BCUT2D eigenvalue weighted by atomic mass is 79.9. The molecule has 1 aromatic rings. The second kappa shape index (κ2) is 8.90. The summed E-state index contributed by atoms with van der Waals surface area (Å²) in [5.41, 5.74) is 6.49. The molecule has 0 aliphatic rings. The zero-order valence-corrected chi connectivity index (χ0v) is 12.4. The third kappa shape index (κ3) is 6.04. The van der Waals surface area contributed by atoms with Crippen molar-refractivity contribution in [2.75, 3.05) is 39.3 Å². The molecule has 0 fully saturated rings. The Labute approximate surface area is 121 Å². The summed E-state index contributed by atoms with van der Waals surface area (Å²) in [7, 11) is 1.62. The molecule has 0 amide bonds. The van der Waals surface area contributed by atoms with Crippen LogP contribution in [0, 0.1) is 0 Å². The molecule has 2 N–H and O–H groups in total. The van der Waals surface area contributed by atoms with Gasteiger partial charge in [-0.25, -0.2) is 4.79 Å². The lowest BCUT2D eigenvalue weighted by Crippen LogP contribution is -2.11. The van der Waals surface area contributed by atoms with E-state index in [-0.39, 0.29) is 0 Å². The van der Waals surface area contributed by atoms with Crippen LogP contribution in [0.1, 0.15) is 16.8 Å². The molecule has 0 bridgehead atoms. The molecule has 0 aromatic heterocycles. The number of hydrogen-bond acceptors (Lipinski definition) is 5. The molecule has 0 saturated carbocycles. The number of nitrogens with two attached hydrogens (primary N) is 1. The molecule has 0 saturated heterocycles. The first-order valence-corrected chi connectivity index (χ1v) is 6.73. The van der Waals surface area contributed by atoms with Crippen LogP contribution in [-0.2, 0) is 14.2 Å². The van der Waals surface area contributed by atoms with E-state index in [0.29, 0.717) is 44.1 Å². The fourth-order valence-electron chi connectivity index (χ4n) is 1.35. The predicted molar refractivity (Wildman–Crippen MR) is 76.1 cm³/mol. The van der Waals surface area contributed by atoms with Crippen LogP contribution in [0.3, 0.4) is 0 Å². The lowest BCUT2D eigenvalue weighted by Gasteiger charge is -2.08. The van der Waals surface area contributed by atoms with Gasteiger partial charge in [0.25, 0.3) is 0 Å². The summed E-state index contributed by atoms with van der Waals surface area (Å²) < 4.78 is 16.0. The molecule has 5 nitrogen and oxygen atoms in total. The van der Waals surface area contributed by atoms with Gasteiger partial charge in [0.05, 0.1) is 25.4 Å². The third-order valence-electron chi connectivity index (χ3n) is 2.33. The molecule has 0 atom stereocenters. The van der Waals surface area contributed by atoms with Crippen LogP contribution in [0.25, 0.3) is 0 Å². The topological polar surface area (TPSA) is 70.8 Å². The number of halogens is 1. The number of rotatable bonds is 8. The van der Waals surface area contributed by atoms with Gasteiger partial charge in [-0.2, -0.15) is 0 Å². The largest absolute Gasteiger partial charge is 0.462 e. The Bertz CT molecular complexity index is 412. The molecular formula is C13H18BrNO4. The molecule has 0 radical (unpaired) electrons. The van der Waals surface area contributed by atoms with E-state index in [1.165, 1.54) is 0 Å². The lowest BCUT2D eigenvalue weighted by atomic mass is 10.2. The molecule has 0 aliphatic carbocycles. The molecule has 0 heterocycles. The number of benzene rings is 1. The van der Waals surface area contributed by atoms with Crippen LogP contribution >= 0.6 is 15.9 Å². The molecule has 6 heteroatoms. The molecule has 0 unspecified atom stereocenters. The van der Waals surface area contributed by atoms with Gasteiger partial charge in [0, 0.05) is 30.3 Å². The van der Waals surface area contributed by atoms with Gasteiger partial charge in [0.15, 0.2) is 0 Å². The Balaban J connectivity index is 2.26. The van der Waals surface area contributed by atoms with Gasteiger partial charge in [-0.05, 0) is 18.2 Å². The van der Waals surface area contributed by atoms with Crippen LogP contribution in [0.4, 0.5) is 5.69 Å². The van der Waals surface area contributed by atoms with E-state index in [2.05, 4.69) is 15.9 Å². The fraction of sp³-hybridized carbons (Fsp3) is 0.462. The van der Waals surface area contributed by atoms with Crippen molar-refractivity contribution < 1.29 is 19.0 Å². The maximum atomic E-state index is 11.8. The maximum absolute atomic E-state index is 11.8. The highest BCUT2D eigenvalue weighted by Crippen LogP contribution is 2.19. The van der Waals surface area contributed by atoms with Gasteiger partial charge in [-0.3, -0.25) is 0 Å². The number of nitrogen functional groups attached to an aromatic ring is 1. The van der Waals surface area contributed by atoms with Crippen LogP contribution in [0.2, 0.25) is 0 Å². The van der Waals surface area contributed by atoms with Crippen LogP contribution in [-0.4, -0.2) is 39.5 Å². The molecule has 0 aliphatic heterocycles. The summed E-state index contributed by atoms with van der Waals surface area (Å²) in [6.07, 6.45) is 0.642. The molecule has 19 heavy (non-hydrogen) atoms. The molecule has 1 rings (SSSR count). The van der Waals surface area contributed by atoms with E-state index in [4.69, 9.17) is 19.9 Å². The number of methoxy groups -OCH3 is 1. The highest BCUT2D eigenvalue weighted by Gasteiger charge is 2.11. The smallest absolute Gasteiger partial charge is 0.340 e. The number of ether oxygens (including phenoxy) is 3. The van der Waals surface area contributed by atoms with E-state index in [1.807, 2.05) is 0 Å². The van der Waals surface area contributed by atoms with E-state index in [1.54, 1.807) is 25.3 Å². The van der Waals surface area contributed by atoms with Gasteiger partial charge in [0.2, 0.25) is 0 Å². The first-order chi connectivity index (χ1) is 9.15. The summed E-state index contributed by atoms with van der Waals surface area (Å²) in [5.74, 6) is -0.421. The number of hydrogen-bond donors (Lipinski definition) is 1. The van der Waals surface area contributed by atoms with Crippen molar-refractivity contribution >= 4 is 27.6 Å². The minimum Gasteiger partial charge on any atom is -0.462 e. The Hall–Kier alpha value is -1.11. The Morgan fingerprint density at radius 1 is 1.26 bits per heavy atom. The van der Waals surface area contributed by atoms with E-state index in [9.17, 15) is 4.79 Å². The molecule has 0 spiro atoms. The number of anilines is 1. The number of carbonyl (C=O) groups excluding carboxylic acids is 1. The van der Waals surface area contributed by atoms with Crippen molar-refractivity contribution in [1.29, 1.82) is 0 Å². The Morgan fingerprint density at radius 2 is 2.05 bits per heavy atom. The van der Waals surface area contributed by atoms with Crippen LogP contribution in [0.5, 0.6) is 0 Å². The van der Waals surface area contributed by atoms with Gasteiger partial charge in [0.1, 0.15) is 0 Å². The Kier molecular flexibility index (Phi) is 7.47. The number of carbonyl (C=O) groups is 1. The van der Waals surface area contributed by atoms with Crippen molar-refractivity contribution in [3.05, 3.63) is 28.2 Å². The van der Waals surface area contributed by atoms with Crippen molar-refractivity contribution in [2.24, 2.45) is 0 Å². The van der Waals surface area contributed by atoms with Gasteiger partial charge in [-0.15, -0.1) is 0 Å². The van der Waals surface area contributed by atoms with E-state index >= 15 is 0 Å². The van der Waals surface area contributed by atoms with Crippen LogP contribution in [0.15, 0.2) is 22.7 Å². The quantitative estimate of drug-likeness (QED) is 0.449. The average Bonchev–Trinajstić information content (AvgIpc) is 2.40. The monoisotopic (exact) mass is 331 g/mol. The zero-order chi connectivity index (χ0) is 14.1. The van der Waals surface area contributed by atoms with Crippen molar-refractivity contribution in [1.82, 2.24) is 0 Å². The minimum atomic E-state index is -0.421. The second-order valence-corrected chi connectivity index (χ2v) is 4.74. The second-order valence-electron chi connectivity index (χ2n) is 3.83. The minimum absolute atomic E-state index is 0.303. The number of esters is 1. The molecular weight excluding hydrogens is 314 g/mol. The first-order valence-electron chi connectivity index (χ1n) is 5.94. The molecule has 106 valence electrons. The van der Waals surface area contributed by atoms with E-state index < -0.39 is 5.97 Å². The summed E-state index contributed by atoms with van der Waals surface area (Å²) in [6.45, 7) is 1.94. The van der Waals surface area contributed by atoms with E-state index in [0.717, 1.165) is 4.47 Å². The summed E-state index contributed by atoms with van der Waals surface area (Å²) in [4.78, 5) is 11.8. The Morgan fingerprint density at radius 3 is 2.79 bits per heavy atom. The van der Waals surface area contributed by atoms with Gasteiger partial charge < -0.3 is 19.9 Å². The lowest BCUT2D eigenvalue weighted by molar-refractivity contribution is 0.0386. The van der Waals surface area contributed by atoms with Crippen molar-refractivity contribution in [3.63, 3.8) is 0 Å². The van der Waals surface area contributed by atoms with Crippen molar-refractivity contribution in [3.8, 4) is 0 Å². The summed E-state index contributed by atoms with van der Waals surface area (Å²) in [5, 5.41) is 0. The first kappa shape index (κ1) is 15.9. The maximum Gasteiger partial charge on any atom is 0.340 e. The third-order valence-corrected chi connectivity index (χ3v) is 2.83. The highest BCUT2D eigenvalue weighted by molar-refractivity contribution is 9.10. The SMILES string of the molecule is COCCOCCCOC(=O)c1cc(Br)ccc1N. The fourth-order valence-corrected chi connectivity index (χ4v) is 1.71. The summed E-state index contributed by atoms with van der Waals surface area (Å²) in [6, 6.07) is 5.08. The van der Waals surface area contributed by atoms with Gasteiger partial charge >= 0.3 is 5.97 Å².